The van der Waals surface area contributed by atoms with Crippen LogP contribution in [0, 0.1) is 0 Å². The van der Waals surface area contributed by atoms with Crippen LogP contribution in [0.25, 0.3) is 11.4 Å². The summed E-state index contributed by atoms with van der Waals surface area (Å²) in [4.78, 5) is 16.5. The van der Waals surface area contributed by atoms with E-state index in [-0.39, 0.29) is 11.2 Å². The van der Waals surface area contributed by atoms with Crippen LogP contribution in [-0.4, -0.2) is 37.5 Å². The highest BCUT2D eigenvalue weighted by molar-refractivity contribution is 8.00. The van der Waals surface area contributed by atoms with Crippen molar-refractivity contribution in [3.05, 3.63) is 73.1 Å². The molecule has 0 saturated heterocycles. The Kier molecular flexibility index (Phi) is 6.97. The lowest BCUT2D eigenvalue weighted by Crippen LogP contribution is -2.32. The molecule has 144 valence electrons. The van der Waals surface area contributed by atoms with Gasteiger partial charge in [0.25, 0.3) is 0 Å². The normalized spacial score (nSPS) is 11.8. The molecule has 0 aliphatic carbocycles. The number of thioether (sulfide) groups is 1. The summed E-state index contributed by atoms with van der Waals surface area (Å²) >= 11 is 1.39. The number of benzene rings is 1. The molecule has 7 heteroatoms. The molecule has 0 bridgehead atoms. The summed E-state index contributed by atoms with van der Waals surface area (Å²) in [6, 6.07) is 13.9. The van der Waals surface area contributed by atoms with Crippen LogP contribution in [0.5, 0.6) is 0 Å². The zero-order valence-corrected chi connectivity index (χ0v) is 16.6. The van der Waals surface area contributed by atoms with Crippen molar-refractivity contribution in [2.45, 2.75) is 30.3 Å². The molecule has 0 saturated carbocycles. The van der Waals surface area contributed by atoms with Gasteiger partial charge in [-0.1, -0.05) is 48.2 Å². The molecule has 1 amide bonds. The number of hydrogen-bond donors (Lipinski definition) is 1. The number of amides is 1. The fraction of sp³-hybridized carbons (Fsp3) is 0.238. The number of pyridine rings is 1. The topological polar surface area (TPSA) is 72.7 Å². The van der Waals surface area contributed by atoms with Crippen LogP contribution in [0.1, 0.15) is 12.5 Å². The van der Waals surface area contributed by atoms with E-state index in [1.54, 1.807) is 18.5 Å². The van der Waals surface area contributed by atoms with Gasteiger partial charge in [-0.25, -0.2) is 0 Å². The maximum absolute atomic E-state index is 12.5. The molecule has 0 aliphatic heterocycles. The summed E-state index contributed by atoms with van der Waals surface area (Å²) in [5, 5.41) is 12.0. The Labute approximate surface area is 169 Å². The summed E-state index contributed by atoms with van der Waals surface area (Å²) in [5.41, 5.74) is 2.13. The minimum absolute atomic E-state index is 0.0143. The Hall–Kier alpha value is -2.93. The third-order valence-electron chi connectivity index (χ3n) is 4.17. The highest BCUT2D eigenvalue weighted by atomic mass is 32.2. The number of nitrogens with zero attached hydrogens (tertiary/aromatic N) is 4. The van der Waals surface area contributed by atoms with Gasteiger partial charge in [0.1, 0.15) is 0 Å². The van der Waals surface area contributed by atoms with E-state index in [9.17, 15) is 4.79 Å². The number of allylic oxidation sites excluding steroid dienone is 1. The third-order valence-corrected chi connectivity index (χ3v) is 5.25. The van der Waals surface area contributed by atoms with Crippen molar-refractivity contribution < 1.29 is 4.79 Å². The highest BCUT2D eigenvalue weighted by Gasteiger charge is 2.20. The van der Waals surface area contributed by atoms with Gasteiger partial charge < -0.3 is 5.32 Å². The molecule has 2 heterocycles. The second kappa shape index (κ2) is 9.85. The van der Waals surface area contributed by atoms with Crippen LogP contribution in [0.3, 0.4) is 0 Å². The summed E-state index contributed by atoms with van der Waals surface area (Å²) in [6.45, 7) is 6.87. The lowest BCUT2D eigenvalue weighted by molar-refractivity contribution is -0.120. The number of carbonyl (C=O) groups excluding carboxylic acids is 1. The van der Waals surface area contributed by atoms with E-state index < -0.39 is 0 Å². The molecule has 1 atom stereocenters. The molecule has 2 aromatic heterocycles. The van der Waals surface area contributed by atoms with E-state index >= 15 is 0 Å². The van der Waals surface area contributed by atoms with Crippen molar-refractivity contribution >= 4 is 17.7 Å². The van der Waals surface area contributed by atoms with Crippen LogP contribution < -0.4 is 5.32 Å². The predicted molar refractivity (Wildman–Crippen MR) is 112 cm³/mol. The number of carbonyl (C=O) groups is 1. The van der Waals surface area contributed by atoms with E-state index in [1.165, 1.54) is 17.3 Å². The third kappa shape index (κ3) is 5.07. The van der Waals surface area contributed by atoms with E-state index in [2.05, 4.69) is 39.2 Å². The Morgan fingerprint density at radius 2 is 1.96 bits per heavy atom. The number of rotatable bonds is 9. The summed E-state index contributed by atoms with van der Waals surface area (Å²) in [7, 11) is 0. The Bertz CT molecular complexity index is 911. The Morgan fingerprint density at radius 3 is 2.68 bits per heavy atom. The molecule has 0 unspecified atom stereocenters. The van der Waals surface area contributed by atoms with Gasteiger partial charge in [-0.15, -0.1) is 16.8 Å². The second-order valence-electron chi connectivity index (χ2n) is 6.23. The average molecular weight is 394 g/mol. The first-order valence-electron chi connectivity index (χ1n) is 9.12. The fourth-order valence-electron chi connectivity index (χ4n) is 2.71. The van der Waals surface area contributed by atoms with Crippen LogP contribution in [0.15, 0.2) is 72.7 Å². The first-order valence-corrected chi connectivity index (χ1v) is 9.99. The predicted octanol–water partition coefficient (Wildman–Crippen LogP) is 3.37. The maximum atomic E-state index is 12.5. The maximum Gasteiger partial charge on any atom is 0.233 e. The van der Waals surface area contributed by atoms with E-state index in [0.717, 1.165) is 17.8 Å². The van der Waals surface area contributed by atoms with Gasteiger partial charge in [-0.3, -0.25) is 14.3 Å². The molecule has 6 nitrogen and oxygen atoms in total. The van der Waals surface area contributed by atoms with Crippen molar-refractivity contribution in [1.29, 1.82) is 0 Å². The van der Waals surface area contributed by atoms with E-state index in [1.807, 2.05) is 41.8 Å². The summed E-state index contributed by atoms with van der Waals surface area (Å²) < 4.78 is 1.96. The molecule has 28 heavy (non-hydrogen) atoms. The second-order valence-corrected chi connectivity index (χ2v) is 7.54. The van der Waals surface area contributed by atoms with Gasteiger partial charge in [0.05, 0.1) is 5.25 Å². The monoisotopic (exact) mass is 393 g/mol. The van der Waals surface area contributed by atoms with Crippen LogP contribution in [-0.2, 0) is 17.8 Å². The van der Waals surface area contributed by atoms with E-state index in [0.29, 0.717) is 18.2 Å². The summed E-state index contributed by atoms with van der Waals surface area (Å²) in [6.07, 6.45) is 6.04. The zero-order valence-electron chi connectivity index (χ0n) is 15.8. The van der Waals surface area contributed by atoms with Crippen molar-refractivity contribution in [3.8, 4) is 11.4 Å². The van der Waals surface area contributed by atoms with Gasteiger partial charge in [0.2, 0.25) is 5.91 Å². The molecule has 0 fully saturated rings. The molecule has 0 spiro atoms. The van der Waals surface area contributed by atoms with Gasteiger partial charge >= 0.3 is 0 Å². The fourth-order valence-corrected chi connectivity index (χ4v) is 3.60. The molecule has 3 aromatic rings. The van der Waals surface area contributed by atoms with Crippen molar-refractivity contribution in [2.75, 3.05) is 6.54 Å². The first kappa shape index (κ1) is 19.8. The van der Waals surface area contributed by atoms with Gasteiger partial charge in [0, 0.05) is 31.0 Å². The van der Waals surface area contributed by atoms with Crippen LogP contribution in [0.2, 0.25) is 0 Å². The SMILES string of the molecule is C=CCn1c(S[C@H](C)C(=O)NCCc2ccccc2)nnc1-c1ccncc1. The van der Waals surface area contributed by atoms with E-state index in [4.69, 9.17) is 0 Å². The minimum Gasteiger partial charge on any atom is -0.355 e. The number of aromatic nitrogens is 4. The largest absolute Gasteiger partial charge is 0.355 e. The molecule has 3 rings (SSSR count). The van der Waals surface area contributed by atoms with Crippen molar-refractivity contribution in [1.82, 2.24) is 25.1 Å². The summed E-state index contributed by atoms with van der Waals surface area (Å²) in [5.74, 6) is 0.723. The van der Waals surface area contributed by atoms with Crippen molar-refractivity contribution in [2.24, 2.45) is 0 Å². The lowest BCUT2D eigenvalue weighted by Gasteiger charge is -2.13. The number of nitrogens with one attached hydrogen (secondary N) is 1. The zero-order chi connectivity index (χ0) is 19.8. The van der Waals surface area contributed by atoms with Gasteiger partial charge in [0.15, 0.2) is 11.0 Å². The molecule has 0 aliphatic rings. The minimum atomic E-state index is -0.283. The Morgan fingerprint density at radius 1 is 1.21 bits per heavy atom. The molecule has 1 N–H and O–H groups in total. The van der Waals surface area contributed by atoms with Crippen LogP contribution >= 0.6 is 11.8 Å². The van der Waals surface area contributed by atoms with Crippen molar-refractivity contribution in [3.63, 3.8) is 0 Å². The first-order chi connectivity index (χ1) is 13.7. The Balaban J connectivity index is 1.63. The highest BCUT2D eigenvalue weighted by Crippen LogP contribution is 2.26. The quantitative estimate of drug-likeness (QED) is 0.446. The lowest BCUT2D eigenvalue weighted by atomic mass is 10.1. The average Bonchev–Trinajstić information content (AvgIpc) is 3.12. The van der Waals surface area contributed by atoms with Gasteiger partial charge in [-0.2, -0.15) is 0 Å². The molecular formula is C21H23N5OS. The molecule has 1 aromatic carbocycles. The number of hydrogen-bond acceptors (Lipinski definition) is 5. The smallest absolute Gasteiger partial charge is 0.233 e. The standard InChI is InChI=1S/C21H23N5OS/c1-3-15-26-19(18-10-12-22-13-11-18)24-25-21(26)28-16(2)20(27)23-14-9-17-7-5-4-6-8-17/h3-8,10-13,16H,1,9,14-15H2,2H3,(H,23,27)/t16-/m1/s1. The molecule has 0 radical (unpaired) electrons. The molecular weight excluding hydrogens is 370 g/mol. The van der Waals surface area contributed by atoms with Gasteiger partial charge in [-0.05, 0) is 31.0 Å². The van der Waals surface area contributed by atoms with Crippen LogP contribution in [0.4, 0.5) is 0 Å².